The molecule has 0 aliphatic heterocycles. The number of methoxy groups -OCH3 is 1. The fraction of sp³-hybridized carbons (Fsp3) is 1.00. The minimum atomic E-state index is 0.117. The molecule has 0 bridgehead atoms. The molecule has 15 heavy (non-hydrogen) atoms. The summed E-state index contributed by atoms with van der Waals surface area (Å²) < 4.78 is 11.4. The second-order valence-corrected chi connectivity index (χ2v) is 5.57. The lowest BCUT2D eigenvalue weighted by Gasteiger charge is -2.42. The van der Waals surface area contributed by atoms with Gasteiger partial charge < -0.3 is 9.47 Å². The van der Waals surface area contributed by atoms with Gasteiger partial charge in [-0.1, -0.05) is 6.92 Å². The molecule has 2 saturated carbocycles. The predicted octanol–water partition coefficient (Wildman–Crippen LogP) is 2.98. The summed E-state index contributed by atoms with van der Waals surface area (Å²) in [7, 11) is 1.72. The minimum Gasteiger partial charge on any atom is -0.377 e. The fourth-order valence-corrected chi connectivity index (χ4v) is 3.01. The van der Waals surface area contributed by atoms with Crippen molar-refractivity contribution < 1.29 is 9.47 Å². The van der Waals surface area contributed by atoms with Gasteiger partial charge in [-0.25, -0.2) is 0 Å². The maximum atomic E-state index is 6.05. The molecule has 0 aromatic rings. The van der Waals surface area contributed by atoms with Crippen molar-refractivity contribution in [2.24, 2.45) is 5.92 Å². The van der Waals surface area contributed by atoms with Crippen molar-refractivity contribution in [3.8, 4) is 0 Å². The van der Waals surface area contributed by atoms with Crippen LogP contribution in [0.15, 0.2) is 0 Å². The number of ether oxygens (including phenoxy) is 2. The molecule has 0 spiro atoms. The maximum absolute atomic E-state index is 6.05. The summed E-state index contributed by atoms with van der Waals surface area (Å²) in [5, 5.41) is 0.155. The lowest BCUT2D eigenvalue weighted by atomic mass is 9.87. The summed E-state index contributed by atoms with van der Waals surface area (Å²) in [5.74, 6) is 0.880. The Labute approximate surface area is 97.3 Å². The first-order valence-corrected chi connectivity index (χ1v) is 6.46. The average Bonchev–Trinajstić information content (AvgIpc) is 2.21. The molecular weight excluding hydrogens is 212 g/mol. The van der Waals surface area contributed by atoms with Gasteiger partial charge in [-0.3, -0.25) is 0 Å². The molecule has 2 aliphatic carbocycles. The highest BCUT2D eigenvalue weighted by molar-refractivity contribution is 6.21. The van der Waals surface area contributed by atoms with Crippen LogP contribution < -0.4 is 0 Å². The maximum Gasteiger partial charge on any atom is 0.0997 e. The quantitative estimate of drug-likeness (QED) is 0.697. The van der Waals surface area contributed by atoms with Gasteiger partial charge in [0.05, 0.1) is 23.7 Å². The van der Waals surface area contributed by atoms with Crippen molar-refractivity contribution in [1.29, 1.82) is 0 Å². The van der Waals surface area contributed by atoms with Crippen LogP contribution in [0.5, 0.6) is 0 Å². The van der Waals surface area contributed by atoms with E-state index in [1.807, 2.05) is 0 Å². The van der Waals surface area contributed by atoms with Crippen LogP contribution in [-0.4, -0.2) is 30.8 Å². The largest absolute Gasteiger partial charge is 0.377 e. The molecule has 0 amide bonds. The lowest BCUT2D eigenvalue weighted by Crippen LogP contribution is -2.52. The highest BCUT2D eigenvalue weighted by Crippen LogP contribution is 2.35. The molecule has 2 rings (SSSR count). The summed E-state index contributed by atoms with van der Waals surface area (Å²) in [6, 6.07) is 0. The zero-order valence-corrected chi connectivity index (χ0v) is 10.4. The summed E-state index contributed by atoms with van der Waals surface area (Å²) in [6.45, 7) is 2.33. The summed E-state index contributed by atoms with van der Waals surface area (Å²) >= 11 is 6.05. The fourth-order valence-electron chi connectivity index (χ4n) is 2.57. The van der Waals surface area contributed by atoms with E-state index in [0.29, 0.717) is 6.10 Å². The van der Waals surface area contributed by atoms with Crippen molar-refractivity contribution in [2.45, 2.75) is 62.7 Å². The Morgan fingerprint density at radius 1 is 1.13 bits per heavy atom. The molecule has 2 nitrogen and oxygen atoms in total. The van der Waals surface area contributed by atoms with Crippen molar-refractivity contribution >= 4 is 11.6 Å². The van der Waals surface area contributed by atoms with Crippen LogP contribution in [0.2, 0.25) is 0 Å². The van der Waals surface area contributed by atoms with E-state index in [2.05, 4.69) is 6.92 Å². The molecule has 0 radical (unpaired) electrons. The zero-order valence-electron chi connectivity index (χ0n) is 9.62. The van der Waals surface area contributed by atoms with Crippen LogP contribution in [-0.2, 0) is 9.47 Å². The van der Waals surface area contributed by atoms with Crippen LogP contribution in [0.4, 0.5) is 0 Å². The topological polar surface area (TPSA) is 18.5 Å². The first-order chi connectivity index (χ1) is 7.20. The third-order valence-electron chi connectivity index (χ3n) is 3.78. The van der Waals surface area contributed by atoms with E-state index in [0.717, 1.165) is 12.3 Å². The monoisotopic (exact) mass is 232 g/mol. The van der Waals surface area contributed by atoms with Gasteiger partial charge in [0.1, 0.15) is 0 Å². The standard InChI is InChI=1S/C12H21ClO2/c1-8-3-5-9(6-4-8)15-11-7-10(13)12(11)14-2/h8-12H,3-7H2,1-2H3. The SMILES string of the molecule is COC1C(Cl)CC1OC1CCC(C)CC1. The van der Waals surface area contributed by atoms with E-state index in [9.17, 15) is 0 Å². The average molecular weight is 233 g/mol. The Bertz CT molecular complexity index is 202. The summed E-state index contributed by atoms with van der Waals surface area (Å²) in [4.78, 5) is 0. The van der Waals surface area contributed by atoms with Crippen LogP contribution in [0.1, 0.15) is 39.0 Å². The Balaban J connectivity index is 1.73. The second-order valence-electron chi connectivity index (χ2n) is 5.01. The normalized spacial score (nSPS) is 46.2. The van der Waals surface area contributed by atoms with E-state index >= 15 is 0 Å². The van der Waals surface area contributed by atoms with Gasteiger partial charge in [0, 0.05) is 7.11 Å². The molecule has 0 aromatic carbocycles. The second kappa shape index (κ2) is 5.03. The van der Waals surface area contributed by atoms with E-state index < -0.39 is 0 Å². The lowest BCUT2D eigenvalue weighted by molar-refractivity contribution is -0.144. The number of alkyl halides is 1. The molecule has 2 aliphatic rings. The first kappa shape index (κ1) is 11.7. The molecule has 3 atom stereocenters. The molecule has 3 heteroatoms. The van der Waals surface area contributed by atoms with Gasteiger partial charge in [-0.05, 0) is 38.0 Å². The van der Waals surface area contributed by atoms with E-state index in [-0.39, 0.29) is 17.6 Å². The molecule has 88 valence electrons. The van der Waals surface area contributed by atoms with Crippen LogP contribution in [0.3, 0.4) is 0 Å². The van der Waals surface area contributed by atoms with Gasteiger partial charge in [-0.2, -0.15) is 0 Å². The van der Waals surface area contributed by atoms with Crippen molar-refractivity contribution in [2.75, 3.05) is 7.11 Å². The van der Waals surface area contributed by atoms with Gasteiger partial charge in [-0.15, -0.1) is 11.6 Å². The highest BCUT2D eigenvalue weighted by atomic mass is 35.5. The number of rotatable bonds is 3. The number of hydrogen-bond donors (Lipinski definition) is 0. The molecule has 0 N–H and O–H groups in total. The number of halogens is 1. The highest BCUT2D eigenvalue weighted by Gasteiger charge is 2.42. The molecule has 0 saturated heterocycles. The van der Waals surface area contributed by atoms with Gasteiger partial charge in [0.2, 0.25) is 0 Å². The van der Waals surface area contributed by atoms with Crippen LogP contribution in [0.25, 0.3) is 0 Å². The van der Waals surface area contributed by atoms with Gasteiger partial charge >= 0.3 is 0 Å². The van der Waals surface area contributed by atoms with Gasteiger partial charge in [0.25, 0.3) is 0 Å². The van der Waals surface area contributed by atoms with Crippen molar-refractivity contribution in [1.82, 2.24) is 0 Å². The Morgan fingerprint density at radius 3 is 2.33 bits per heavy atom. The van der Waals surface area contributed by atoms with E-state index in [1.54, 1.807) is 7.11 Å². The van der Waals surface area contributed by atoms with E-state index in [1.165, 1.54) is 25.7 Å². The number of hydrogen-bond acceptors (Lipinski definition) is 2. The van der Waals surface area contributed by atoms with Crippen LogP contribution in [0, 0.1) is 5.92 Å². The van der Waals surface area contributed by atoms with Gasteiger partial charge in [0.15, 0.2) is 0 Å². The molecule has 0 aromatic heterocycles. The molecule has 3 unspecified atom stereocenters. The van der Waals surface area contributed by atoms with Crippen LogP contribution >= 0.6 is 11.6 Å². The summed E-state index contributed by atoms with van der Waals surface area (Å²) in [5.41, 5.74) is 0. The van der Waals surface area contributed by atoms with Crippen molar-refractivity contribution in [3.05, 3.63) is 0 Å². The summed E-state index contributed by atoms with van der Waals surface area (Å²) in [6.07, 6.45) is 6.79. The van der Waals surface area contributed by atoms with Crippen molar-refractivity contribution in [3.63, 3.8) is 0 Å². The predicted molar refractivity (Wildman–Crippen MR) is 61.3 cm³/mol. The molecular formula is C12H21ClO2. The Hall–Kier alpha value is 0.210. The molecule has 2 fully saturated rings. The third-order valence-corrected chi connectivity index (χ3v) is 4.21. The minimum absolute atomic E-state index is 0.117. The molecule has 0 heterocycles. The zero-order chi connectivity index (χ0) is 10.8. The smallest absolute Gasteiger partial charge is 0.0997 e. The first-order valence-electron chi connectivity index (χ1n) is 6.03. The third kappa shape index (κ3) is 2.66. The Morgan fingerprint density at radius 2 is 1.80 bits per heavy atom. The Kier molecular flexibility index (Phi) is 3.92. The van der Waals surface area contributed by atoms with E-state index in [4.69, 9.17) is 21.1 Å².